The molecule has 1 fully saturated rings. The first-order chi connectivity index (χ1) is 17.2. The van der Waals surface area contributed by atoms with E-state index < -0.39 is 52.4 Å². The SMILES string of the molecule is COC(C)(C)CNC(=O)C1=NCNC1(C(N)=O)C1CCC(C(=O)Nc2cc(C(F)(F)F)ccc2Cl)CC1. The second kappa shape index (κ2) is 11.0. The first-order valence-corrected chi connectivity index (χ1v) is 12.2. The summed E-state index contributed by atoms with van der Waals surface area (Å²) in [5, 5.41) is 8.22. The second-order valence-electron chi connectivity index (χ2n) is 9.89. The molecule has 37 heavy (non-hydrogen) atoms. The zero-order valence-electron chi connectivity index (χ0n) is 20.8. The molecule has 2 aliphatic rings. The Morgan fingerprint density at radius 2 is 1.86 bits per heavy atom. The molecule has 1 saturated carbocycles. The molecule has 13 heteroatoms. The van der Waals surface area contributed by atoms with Crippen molar-refractivity contribution in [3.8, 4) is 0 Å². The maximum Gasteiger partial charge on any atom is 0.416 e. The summed E-state index contributed by atoms with van der Waals surface area (Å²) < 4.78 is 44.5. The Morgan fingerprint density at radius 3 is 2.43 bits per heavy atom. The van der Waals surface area contributed by atoms with E-state index in [1.807, 2.05) is 0 Å². The van der Waals surface area contributed by atoms with Crippen LogP contribution in [0.5, 0.6) is 0 Å². The minimum Gasteiger partial charge on any atom is -0.377 e. The van der Waals surface area contributed by atoms with Crippen LogP contribution >= 0.6 is 11.6 Å². The van der Waals surface area contributed by atoms with Crippen LogP contribution in [0.1, 0.15) is 45.1 Å². The van der Waals surface area contributed by atoms with E-state index >= 15 is 0 Å². The second-order valence-corrected chi connectivity index (χ2v) is 10.3. The zero-order chi connectivity index (χ0) is 27.6. The Labute approximate surface area is 217 Å². The largest absolute Gasteiger partial charge is 0.416 e. The van der Waals surface area contributed by atoms with Crippen LogP contribution in [0.4, 0.5) is 18.9 Å². The van der Waals surface area contributed by atoms with E-state index in [1.54, 1.807) is 13.8 Å². The molecule has 1 unspecified atom stereocenters. The van der Waals surface area contributed by atoms with E-state index in [0.29, 0.717) is 25.7 Å². The Bertz CT molecular complexity index is 1090. The van der Waals surface area contributed by atoms with E-state index in [0.717, 1.165) is 18.2 Å². The van der Waals surface area contributed by atoms with Gasteiger partial charge in [0.1, 0.15) is 11.3 Å². The number of anilines is 1. The lowest BCUT2D eigenvalue weighted by Crippen LogP contribution is -2.66. The number of benzene rings is 1. The highest BCUT2D eigenvalue weighted by molar-refractivity contribution is 6.47. The number of hydrogen-bond acceptors (Lipinski definition) is 6. The lowest BCUT2D eigenvalue weighted by Gasteiger charge is -2.39. The van der Waals surface area contributed by atoms with Crippen LogP contribution in [0.25, 0.3) is 0 Å². The van der Waals surface area contributed by atoms with Crippen LogP contribution in [0, 0.1) is 11.8 Å². The summed E-state index contributed by atoms with van der Waals surface area (Å²) in [6.45, 7) is 3.80. The quantitative estimate of drug-likeness (QED) is 0.398. The molecular weight excluding hydrogens is 515 g/mol. The van der Waals surface area contributed by atoms with Gasteiger partial charge in [0.2, 0.25) is 11.8 Å². The Hall–Kier alpha value is -2.70. The fraction of sp³-hybridized carbons (Fsp3) is 0.583. The highest BCUT2D eigenvalue weighted by Crippen LogP contribution is 2.39. The highest BCUT2D eigenvalue weighted by atomic mass is 35.5. The van der Waals surface area contributed by atoms with E-state index in [-0.39, 0.29) is 29.6 Å². The average Bonchev–Trinajstić information content (AvgIpc) is 3.30. The lowest BCUT2D eigenvalue weighted by molar-refractivity contribution is -0.137. The number of nitrogens with zero attached hydrogens (tertiary/aromatic N) is 1. The summed E-state index contributed by atoms with van der Waals surface area (Å²) in [6.07, 6.45) is -3.20. The molecule has 9 nitrogen and oxygen atoms in total. The zero-order valence-corrected chi connectivity index (χ0v) is 21.6. The third-order valence-electron chi connectivity index (χ3n) is 7.06. The molecule has 1 aliphatic heterocycles. The maximum atomic E-state index is 13.1. The number of carbonyl (C=O) groups is 3. The fourth-order valence-corrected chi connectivity index (χ4v) is 4.88. The number of rotatable bonds is 8. The van der Waals surface area contributed by atoms with E-state index in [1.165, 1.54) is 7.11 Å². The van der Waals surface area contributed by atoms with Gasteiger partial charge in [0.05, 0.1) is 28.5 Å². The molecule has 0 saturated heterocycles. The normalized spacial score (nSPS) is 24.4. The fourth-order valence-electron chi connectivity index (χ4n) is 4.72. The third kappa shape index (κ3) is 6.24. The van der Waals surface area contributed by atoms with Gasteiger partial charge < -0.3 is 21.1 Å². The van der Waals surface area contributed by atoms with Crippen LogP contribution in [0.3, 0.4) is 0 Å². The van der Waals surface area contributed by atoms with Gasteiger partial charge in [-0.05, 0) is 63.6 Å². The molecule has 1 heterocycles. The van der Waals surface area contributed by atoms with Crippen molar-refractivity contribution in [2.24, 2.45) is 22.6 Å². The number of carbonyl (C=O) groups excluding carboxylic acids is 3. The summed E-state index contributed by atoms with van der Waals surface area (Å²) in [4.78, 5) is 42.7. The standard InChI is InChI=1S/C24H31ClF3N5O4/c1-22(2,37-3)11-30-20(35)18-23(21(29)36,32-12-31-18)14-6-4-13(5-7-14)19(34)33-17-10-15(24(26,27)28)8-9-16(17)25/h8-10,13-14,32H,4-7,11-12H2,1-3H3,(H2,29,36)(H,30,35)(H,33,34). The van der Waals surface area contributed by atoms with Crippen molar-refractivity contribution in [2.75, 3.05) is 25.6 Å². The third-order valence-corrected chi connectivity index (χ3v) is 7.39. The molecule has 204 valence electrons. The molecule has 1 aromatic carbocycles. The van der Waals surface area contributed by atoms with Crippen LogP contribution in [0.2, 0.25) is 5.02 Å². The van der Waals surface area contributed by atoms with Gasteiger partial charge in [-0.25, -0.2) is 0 Å². The maximum absolute atomic E-state index is 13.1. The average molecular weight is 546 g/mol. The number of aliphatic imine (C=N–C) groups is 1. The first kappa shape index (κ1) is 28.9. The smallest absolute Gasteiger partial charge is 0.377 e. The van der Waals surface area contributed by atoms with Crippen molar-refractivity contribution in [3.63, 3.8) is 0 Å². The molecule has 3 amide bonds. The van der Waals surface area contributed by atoms with Gasteiger partial charge in [0, 0.05) is 19.6 Å². The number of methoxy groups -OCH3 is 1. The van der Waals surface area contributed by atoms with Gasteiger partial charge in [-0.1, -0.05) is 11.6 Å². The van der Waals surface area contributed by atoms with E-state index in [4.69, 9.17) is 22.1 Å². The summed E-state index contributed by atoms with van der Waals surface area (Å²) in [7, 11) is 1.52. The van der Waals surface area contributed by atoms with Crippen molar-refractivity contribution in [1.82, 2.24) is 10.6 Å². The molecule has 5 N–H and O–H groups in total. The molecule has 1 aromatic rings. The lowest BCUT2D eigenvalue weighted by atomic mass is 9.69. The van der Waals surface area contributed by atoms with Gasteiger partial charge in [-0.15, -0.1) is 0 Å². The molecule has 3 rings (SSSR count). The van der Waals surface area contributed by atoms with E-state index in [9.17, 15) is 27.6 Å². The molecule has 0 radical (unpaired) electrons. The minimum atomic E-state index is -4.58. The summed E-state index contributed by atoms with van der Waals surface area (Å²) in [5.74, 6) is -2.68. The molecule has 1 aliphatic carbocycles. The molecule has 1 atom stereocenters. The number of nitrogens with one attached hydrogen (secondary N) is 3. The Kier molecular flexibility index (Phi) is 8.55. The monoisotopic (exact) mass is 545 g/mol. The number of alkyl halides is 3. The molecule has 0 spiro atoms. The summed E-state index contributed by atoms with van der Waals surface area (Å²) >= 11 is 6.00. The van der Waals surface area contributed by atoms with Crippen molar-refractivity contribution < 1.29 is 32.3 Å². The number of halogens is 4. The van der Waals surface area contributed by atoms with Gasteiger partial charge in [0.25, 0.3) is 5.91 Å². The first-order valence-electron chi connectivity index (χ1n) is 11.8. The van der Waals surface area contributed by atoms with Gasteiger partial charge in [-0.2, -0.15) is 13.2 Å². The number of primary amides is 1. The van der Waals surface area contributed by atoms with Crippen molar-refractivity contribution in [3.05, 3.63) is 28.8 Å². The van der Waals surface area contributed by atoms with Gasteiger partial charge >= 0.3 is 6.18 Å². The van der Waals surface area contributed by atoms with E-state index in [2.05, 4.69) is 20.9 Å². The minimum absolute atomic E-state index is 0.00412. The molecular formula is C24H31ClF3N5O4. The predicted octanol–water partition coefficient (Wildman–Crippen LogP) is 2.87. The van der Waals surface area contributed by atoms with Crippen LogP contribution in [-0.2, 0) is 25.3 Å². The molecule has 0 aromatic heterocycles. The van der Waals surface area contributed by atoms with Crippen LogP contribution < -0.4 is 21.7 Å². The number of ether oxygens (including phenoxy) is 1. The number of nitrogens with two attached hydrogens (primary N) is 1. The van der Waals surface area contributed by atoms with Crippen molar-refractivity contribution in [1.29, 1.82) is 0 Å². The summed E-state index contributed by atoms with van der Waals surface area (Å²) in [5.41, 5.74) is 2.61. The summed E-state index contributed by atoms with van der Waals surface area (Å²) in [6, 6.07) is 2.72. The topological polar surface area (TPSA) is 135 Å². The highest BCUT2D eigenvalue weighted by Gasteiger charge is 2.54. The predicted molar refractivity (Wildman–Crippen MR) is 132 cm³/mol. The molecule has 0 bridgehead atoms. The number of hydrogen-bond donors (Lipinski definition) is 4. The Morgan fingerprint density at radius 1 is 1.22 bits per heavy atom. The van der Waals surface area contributed by atoms with Crippen LogP contribution in [0.15, 0.2) is 23.2 Å². The van der Waals surface area contributed by atoms with Gasteiger partial charge in [-0.3, -0.25) is 24.7 Å². The Balaban J connectivity index is 1.69. The number of amides is 3. The van der Waals surface area contributed by atoms with Crippen molar-refractivity contribution in [2.45, 2.75) is 56.8 Å². The van der Waals surface area contributed by atoms with Crippen LogP contribution in [-0.4, -0.2) is 54.9 Å². The van der Waals surface area contributed by atoms with Gasteiger partial charge in [0.15, 0.2) is 0 Å². The van der Waals surface area contributed by atoms with Crippen molar-refractivity contribution >= 4 is 40.7 Å².